The zero-order valence-corrected chi connectivity index (χ0v) is 10.9. The first-order chi connectivity index (χ1) is 9.13. The minimum Gasteiger partial charge on any atom is -0.481 e. The second kappa shape index (κ2) is 5.83. The van der Waals surface area contributed by atoms with Crippen molar-refractivity contribution >= 4 is 11.8 Å². The maximum Gasteiger partial charge on any atom is 0.311 e. The summed E-state index contributed by atoms with van der Waals surface area (Å²) in [5, 5.41) is 9.15. The van der Waals surface area contributed by atoms with Gasteiger partial charge < -0.3 is 19.5 Å². The molecule has 19 heavy (non-hydrogen) atoms. The van der Waals surface area contributed by atoms with Crippen LogP contribution in [0.4, 0.5) is 5.82 Å². The van der Waals surface area contributed by atoms with Crippen molar-refractivity contribution in [3.8, 4) is 5.88 Å². The van der Waals surface area contributed by atoms with Crippen molar-refractivity contribution in [2.24, 2.45) is 5.92 Å². The second-order valence-corrected chi connectivity index (χ2v) is 4.31. The molecule has 2 unspecified atom stereocenters. The highest BCUT2D eigenvalue weighted by Crippen LogP contribution is 2.24. The Balaban J connectivity index is 2.16. The lowest BCUT2D eigenvalue weighted by Crippen LogP contribution is -2.41. The fourth-order valence-electron chi connectivity index (χ4n) is 2.08. The summed E-state index contributed by atoms with van der Waals surface area (Å²) in [5.41, 5.74) is 0. The van der Waals surface area contributed by atoms with E-state index in [1.165, 1.54) is 6.33 Å². The lowest BCUT2D eigenvalue weighted by Gasteiger charge is -2.27. The molecule has 1 aliphatic rings. The highest BCUT2D eigenvalue weighted by Gasteiger charge is 2.37. The molecular formula is C12H17N3O4. The Morgan fingerprint density at radius 2 is 2.37 bits per heavy atom. The molecule has 104 valence electrons. The van der Waals surface area contributed by atoms with Crippen molar-refractivity contribution in [3.63, 3.8) is 0 Å². The van der Waals surface area contributed by atoms with E-state index in [1.807, 2.05) is 6.92 Å². The summed E-state index contributed by atoms with van der Waals surface area (Å²) in [6, 6.07) is 1.46. The summed E-state index contributed by atoms with van der Waals surface area (Å²) in [5.74, 6) is -0.297. The Kier molecular flexibility index (Phi) is 4.16. The summed E-state index contributed by atoms with van der Waals surface area (Å²) >= 11 is 0. The van der Waals surface area contributed by atoms with Crippen LogP contribution < -0.4 is 9.64 Å². The molecule has 1 N–H and O–H groups in total. The molecule has 2 atom stereocenters. The van der Waals surface area contributed by atoms with E-state index in [4.69, 9.17) is 14.6 Å². The standard InChI is InChI=1S/C12H17N3O4/c1-3-19-11-4-10(13-7-14-11)15(2)9-6-18-5-8(9)12(16)17/h4,7-9H,3,5-6H2,1-2H3,(H,16,17). The van der Waals surface area contributed by atoms with Gasteiger partial charge in [0.25, 0.3) is 0 Å². The van der Waals surface area contributed by atoms with E-state index in [2.05, 4.69) is 9.97 Å². The van der Waals surface area contributed by atoms with Crippen LogP contribution >= 0.6 is 0 Å². The summed E-state index contributed by atoms with van der Waals surface area (Å²) in [4.78, 5) is 21.1. The minimum atomic E-state index is -0.853. The van der Waals surface area contributed by atoms with Crippen LogP contribution in [0.1, 0.15) is 6.92 Å². The lowest BCUT2D eigenvalue weighted by atomic mass is 10.0. The quantitative estimate of drug-likeness (QED) is 0.827. The van der Waals surface area contributed by atoms with Gasteiger partial charge >= 0.3 is 5.97 Å². The number of carboxylic acid groups (broad SMARTS) is 1. The number of hydrogen-bond acceptors (Lipinski definition) is 6. The molecule has 0 radical (unpaired) electrons. The maximum absolute atomic E-state index is 11.2. The van der Waals surface area contributed by atoms with E-state index >= 15 is 0 Å². The fourth-order valence-corrected chi connectivity index (χ4v) is 2.08. The Morgan fingerprint density at radius 3 is 3.05 bits per heavy atom. The van der Waals surface area contributed by atoms with Gasteiger partial charge in [-0.2, -0.15) is 0 Å². The van der Waals surface area contributed by atoms with Gasteiger partial charge in [0.2, 0.25) is 5.88 Å². The average molecular weight is 267 g/mol. The molecule has 0 bridgehead atoms. The van der Waals surface area contributed by atoms with Gasteiger partial charge in [-0.05, 0) is 6.92 Å². The number of ether oxygens (including phenoxy) is 2. The van der Waals surface area contributed by atoms with Gasteiger partial charge in [-0.25, -0.2) is 9.97 Å². The highest BCUT2D eigenvalue weighted by atomic mass is 16.5. The van der Waals surface area contributed by atoms with Crippen LogP contribution in [0.2, 0.25) is 0 Å². The van der Waals surface area contributed by atoms with Gasteiger partial charge in [-0.1, -0.05) is 0 Å². The number of anilines is 1. The first-order valence-corrected chi connectivity index (χ1v) is 6.11. The van der Waals surface area contributed by atoms with Gasteiger partial charge in [0.1, 0.15) is 18.1 Å². The fraction of sp³-hybridized carbons (Fsp3) is 0.583. The average Bonchev–Trinajstić information content (AvgIpc) is 2.88. The second-order valence-electron chi connectivity index (χ2n) is 4.31. The number of carbonyl (C=O) groups is 1. The predicted molar refractivity (Wildman–Crippen MR) is 67.3 cm³/mol. The molecule has 7 nitrogen and oxygen atoms in total. The molecule has 1 saturated heterocycles. The number of likely N-dealkylation sites (N-methyl/N-ethyl adjacent to an activating group) is 1. The molecule has 0 spiro atoms. The third-order valence-electron chi connectivity index (χ3n) is 3.15. The van der Waals surface area contributed by atoms with Crippen LogP contribution in [0.15, 0.2) is 12.4 Å². The van der Waals surface area contributed by atoms with Crippen molar-refractivity contribution < 1.29 is 19.4 Å². The van der Waals surface area contributed by atoms with Crippen molar-refractivity contribution in [2.45, 2.75) is 13.0 Å². The molecule has 0 aromatic carbocycles. The van der Waals surface area contributed by atoms with Crippen LogP contribution in [0.3, 0.4) is 0 Å². The Bertz CT molecular complexity index is 454. The van der Waals surface area contributed by atoms with Crippen LogP contribution in [-0.2, 0) is 9.53 Å². The van der Waals surface area contributed by atoms with E-state index in [1.54, 1.807) is 18.0 Å². The lowest BCUT2D eigenvalue weighted by molar-refractivity contribution is -0.141. The molecule has 0 aliphatic carbocycles. The number of aromatic nitrogens is 2. The van der Waals surface area contributed by atoms with Crippen molar-refractivity contribution in [1.82, 2.24) is 9.97 Å². The predicted octanol–water partition coefficient (Wildman–Crippen LogP) is 0.411. The molecule has 0 amide bonds. The van der Waals surface area contributed by atoms with Crippen LogP contribution in [0.25, 0.3) is 0 Å². The molecule has 0 saturated carbocycles. The molecule has 7 heteroatoms. The van der Waals surface area contributed by atoms with Gasteiger partial charge in [0.05, 0.1) is 25.9 Å². The third kappa shape index (κ3) is 2.93. The van der Waals surface area contributed by atoms with Gasteiger partial charge in [0.15, 0.2) is 0 Å². The summed E-state index contributed by atoms with van der Waals surface area (Å²) < 4.78 is 10.6. The number of hydrogen-bond donors (Lipinski definition) is 1. The molecule has 1 aromatic heterocycles. The first kappa shape index (κ1) is 13.5. The Labute approximate surface area is 111 Å². The zero-order valence-electron chi connectivity index (χ0n) is 10.9. The smallest absolute Gasteiger partial charge is 0.311 e. The molecule has 1 aromatic rings. The van der Waals surface area contributed by atoms with Gasteiger partial charge in [0, 0.05) is 13.1 Å². The SMILES string of the molecule is CCOc1cc(N(C)C2COCC2C(=O)O)ncn1. The molecule has 1 fully saturated rings. The van der Waals surface area contributed by atoms with E-state index < -0.39 is 11.9 Å². The molecular weight excluding hydrogens is 250 g/mol. The monoisotopic (exact) mass is 267 g/mol. The normalized spacial score (nSPS) is 22.2. The number of aliphatic carboxylic acids is 1. The molecule has 1 aliphatic heterocycles. The Morgan fingerprint density at radius 1 is 1.58 bits per heavy atom. The number of carboxylic acids is 1. The summed E-state index contributed by atoms with van der Waals surface area (Å²) in [7, 11) is 1.80. The largest absolute Gasteiger partial charge is 0.481 e. The first-order valence-electron chi connectivity index (χ1n) is 6.11. The minimum absolute atomic E-state index is 0.230. The molecule has 2 heterocycles. The van der Waals surface area contributed by atoms with Crippen molar-refractivity contribution in [3.05, 3.63) is 12.4 Å². The van der Waals surface area contributed by atoms with Crippen molar-refractivity contribution in [1.29, 1.82) is 0 Å². The van der Waals surface area contributed by atoms with Gasteiger partial charge in [-0.15, -0.1) is 0 Å². The van der Waals surface area contributed by atoms with E-state index in [9.17, 15) is 4.79 Å². The van der Waals surface area contributed by atoms with Crippen LogP contribution in [0, 0.1) is 5.92 Å². The molecule has 2 rings (SSSR count). The van der Waals surface area contributed by atoms with Crippen LogP contribution in [-0.4, -0.2) is 54.0 Å². The van der Waals surface area contributed by atoms with Gasteiger partial charge in [-0.3, -0.25) is 4.79 Å². The third-order valence-corrected chi connectivity index (χ3v) is 3.15. The zero-order chi connectivity index (χ0) is 13.8. The van der Waals surface area contributed by atoms with Crippen molar-refractivity contribution in [2.75, 3.05) is 31.8 Å². The maximum atomic E-state index is 11.2. The number of rotatable bonds is 5. The Hall–Kier alpha value is -1.89. The van der Waals surface area contributed by atoms with E-state index in [0.717, 1.165) is 0 Å². The summed E-state index contributed by atoms with van der Waals surface area (Å²) in [6.45, 7) is 3.00. The van der Waals surface area contributed by atoms with Crippen LogP contribution in [0.5, 0.6) is 5.88 Å². The topological polar surface area (TPSA) is 84.8 Å². The van der Waals surface area contributed by atoms with E-state index in [0.29, 0.717) is 24.9 Å². The summed E-state index contributed by atoms with van der Waals surface area (Å²) in [6.07, 6.45) is 1.41. The number of nitrogens with zero attached hydrogens (tertiary/aromatic N) is 3. The highest BCUT2D eigenvalue weighted by molar-refractivity contribution is 5.72. The van der Waals surface area contributed by atoms with E-state index in [-0.39, 0.29) is 12.6 Å².